The lowest BCUT2D eigenvalue weighted by Gasteiger charge is -2.07. The van der Waals surface area contributed by atoms with Gasteiger partial charge in [0.15, 0.2) is 9.84 Å². The summed E-state index contributed by atoms with van der Waals surface area (Å²) in [7, 11) is -3.32. The number of carbonyl (C=O) groups excluding carboxylic acids is 1. The number of anilines is 2. The van der Waals surface area contributed by atoms with Crippen molar-refractivity contribution in [2.24, 2.45) is 0 Å². The van der Waals surface area contributed by atoms with E-state index in [1.165, 1.54) is 24.4 Å². The molecule has 3 N–H and O–H groups in total. The molecule has 1 amide bonds. The summed E-state index contributed by atoms with van der Waals surface area (Å²) in [6, 6.07) is 9.14. The Morgan fingerprint density at radius 2 is 2.00 bits per heavy atom. The first kappa shape index (κ1) is 14.0. The SMILES string of the molecule is CS(=O)(=O)c1cccc(NC(=O)c2cccnc2N)c1. The monoisotopic (exact) mass is 291 g/mol. The molecule has 1 heterocycles. The number of hydrogen-bond donors (Lipinski definition) is 2. The molecule has 1 aromatic carbocycles. The number of carbonyl (C=O) groups is 1. The summed E-state index contributed by atoms with van der Waals surface area (Å²) in [4.78, 5) is 16.0. The van der Waals surface area contributed by atoms with Gasteiger partial charge in [0, 0.05) is 18.1 Å². The van der Waals surface area contributed by atoms with E-state index in [4.69, 9.17) is 5.73 Å². The largest absolute Gasteiger partial charge is 0.383 e. The van der Waals surface area contributed by atoms with Crippen molar-refractivity contribution in [3.05, 3.63) is 48.2 Å². The minimum atomic E-state index is -3.32. The summed E-state index contributed by atoms with van der Waals surface area (Å²) in [5.41, 5.74) is 6.22. The van der Waals surface area contributed by atoms with Crippen molar-refractivity contribution in [2.75, 3.05) is 17.3 Å². The van der Waals surface area contributed by atoms with E-state index in [0.29, 0.717) is 5.69 Å². The van der Waals surface area contributed by atoms with Crippen LogP contribution in [0.1, 0.15) is 10.4 Å². The zero-order valence-corrected chi connectivity index (χ0v) is 11.5. The first-order chi connectivity index (χ1) is 9.38. The highest BCUT2D eigenvalue weighted by atomic mass is 32.2. The Bertz CT molecular complexity index is 757. The molecule has 0 saturated carbocycles. The average molecular weight is 291 g/mol. The van der Waals surface area contributed by atoms with Gasteiger partial charge in [0.25, 0.3) is 5.91 Å². The third kappa shape index (κ3) is 3.12. The highest BCUT2D eigenvalue weighted by Gasteiger charge is 2.12. The fraction of sp³-hybridized carbons (Fsp3) is 0.0769. The zero-order valence-electron chi connectivity index (χ0n) is 10.7. The van der Waals surface area contributed by atoms with Crippen LogP contribution >= 0.6 is 0 Å². The van der Waals surface area contributed by atoms with E-state index in [1.54, 1.807) is 18.2 Å². The number of nitrogens with zero attached hydrogens (tertiary/aromatic N) is 1. The van der Waals surface area contributed by atoms with Crippen molar-refractivity contribution in [1.29, 1.82) is 0 Å². The van der Waals surface area contributed by atoms with E-state index in [2.05, 4.69) is 10.3 Å². The van der Waals surface area contributed by atoms with Gasteiger partial charge < -0.3 is 11.1 Å². The van der Waals surface area contributed by atoms with E-state index in [1.807, 2.05) is 0 Å². The molecule has 0 atom stereocenters. The second kappa shape index (κ2) is 5.30. The Hall–Kier alpha value is -2.41. The maximum Gasteiger partial charge on any atom is 0.259 e. The van der Waals surface area contributed by atoms with Crippen molar-refractivity contribution in [3.63, 3.8) is 0 Å². The van der Waals surface area contributed by atoms with E-state index in [9.17, 15) is 13.2 Å². The summed E-state index contributed by atoms with van der Waals surface area (Å²) >= 11 is 0. The number of pyridine rings is 1. The van der Waals surface area contributed by atoms with Crippen LogP contribution in [0.5, 0.6) is 0 Å². The Balaban J connectivity index is 2.27. The van der Waals surface area contributed by atoms with E-state index in [-0.39, 0.29) is 16.3 Å². The van der Waals surface area contributed by atoms with Gasteiger partial charge in [-0.15, -0.1) is 0 Å². The molecule has 2 aromatic rings. The highest BCUT2D eigenvalue weighted by Crippen LogP contribution is 2.17. The lowest BCUT2D eigenvalue weighted by molar-refractivity contribution is 0.102. The zero-order chi connectivity index (χ0) is 14.8. The van der Waals surface area contributed by atoms with Crippen LogP contribution in [0.3, 0.4) is 0 Å². The summed E-state index contributed by atoms with van der Waals surface area (Å²) in [6.07, 6.45) is 2.59. The van der Waals surface area contributed by atoms with Gasteiger partial charge in [0.05, 0.1) is 10.5 Å². The van der Waals surface area contributed by atoms with Crippen LogP contribution in [0.4, 0.5) is 11.5 Å². The van der Waals surface area contributed by atoms with Gasteiger partial charge in [0.2, 0.25) is 0 Å². The van der Waals surface area contributed by atoms with Crippen molar-refractivity contribution in [2.45, 2.75) is 4.90 Å². The Morgan fingerprint density at radius 1 is 1.25 bits per heavy atom. The molecule has 0 spiro atoms. The number of hydrogen-bond acceptors (Lipinski definition) is 5. The number of nitrogens with two attached hydrogens (primary N) is 1. The summed E-state index contributed by atoms with van der Waals surface area (Å²) in [5.74, 6) is -0.328. The number of sulfone groups is 1. The fourth-order valence-electron chi connectivity index (χ4n) is 1.61. The van der Waals surface area contributed by atoms with Gasteiger partial charge in [0.1, 0.15) is 5.82 Å². The lowest BCUT2D eigenvalue weighted by atomic mass is 10.2. The van der Waals surface area contributed by atoms with Gasteiger partial charge in [-0.25, -0.2) is 13.4 Å². The van der Waals surface area contributed by atoms with Gasteiger partial charge in [-0.3, -0.25) is 4.79 Å². The van der Waals surface area contributed by atoms with Crippen LogP contribution in [0.15, 0.2) is 47.5 Å². The minimum absolute atomic E-state index is 0.115. The summed E-state index contributed by atoms with van der Waals surface area (Å²) in [6.45, 7) is 0. The van der Waals surface area contributed by atoms with Gasteiger partial charge in [-0.1, -0.05) is 6.07 Å². The quantitative estimate of drug-likeness (QED) is 0.888. The highest BCUT2D eigenvalue weighted by molar-refractivity contribution is 7.90. The smallest absolute Gasteiger partial charge is 0.259 e. The van der Waals surface area contributed by atoms with E-state index >= 15 is 0 Å². The number of nitrogens with one attached hydrogen (secondary N) is 1. The molecule has 0 bridgehead atoms. The number of nitrogen functional groups attached to an aromatic ring is 1. The third-order valence-corrected chi connectivity index (χ3v) is 3.71. The molecule has 104 valence electrons. The topological polar surface area (TPSA) is 102 Å². The van der Waals surface area contributed by atoms with Gasteiger partial charge in [-0.2, -0.15) is 0 Å². The predicted molar refractivity (Wildman–Crippen MR) is 76.2 cm³/mol. The maximum absolute atomic E-state index is 12.0. The van der Waals surface area contributed by atoms with Crippen LogP contribution < -0.4 is 11.1 Å². The molecule has 0 unspecified atom stereocenters. The van der Waals surface area contributed by atoms with E-state index < -0.39 is 15.7 Å². The lowest BCUT2D eigenvalue weighted by Crippen LogP contribution is -2.15. The first-order valence-electron chi connectivity index (χ1n) is 5.70. The molecule has 1 aromatic heterocycles. The fourth-order valence-corrected chi connectivity index (χ4v) is 2.28. The van der Waals surface area contributed by atoms with Crippen molar-refractivity contribution in [3.8, 4) is 0 Å². The first-order valence-corrected chi connectivity index (χ1v) is 7.59. The van der Waals surface area contributed by atoms with Crippen LogP contribution in [-0.4, -0.2) is 25.6 Å². The number of benzene rings is 1. The Labute approximate surface area is 116 Å². The second-order valence-corrected chi connectivity index (χ2v) is 6.21. The van der Waals surface area contributed by atoms with Gasteiger partial charge in [-0.05, 0) is 30.3 Å². The molecule has 7 heteroatoms. The van der Waals surface area contributed by atoms with Crippen molar-refractivity contribution < 1.29 is 13.2 Å². The maximum atomic E-state index is 12.0. The molecule has 0 fully saturated rings. The van der Waals surface area contributed by atoms with Crippen LogP contribution in [-0.2, 0) is 9.84 Å². The minimum Gasteiger partial charge on any atom is -0.383 e. The summed E-state index contributed by atoms with van der Waals surface area (Å²) in [5, 5.41) is 2.59. The molecule has 0 aliphatic rings. The Kier molecular flexibility index (Phi) is 3.71. The van der Waals surface area contributed by atoms with Crippen LogP contribution in [0.2, 0.25) is 0 Å². The molecule has 0 radical (unpaired) electrons. The normalized spacial score (nSPS) is 11.1. The molecule has 0 saturated heterocycles. The molecule has 2 rings (SSSR count). The molecule has 0 aliphatic heterocycles. The molecule has 0 aliphatic carbocycles. The summed E-state index contributed by atoms with van der Waals surface area (Å²) < 4.78 is 22.9. The van der Waals surface area contributed by atoms with Crippen molar-refractivity contribution in [1.82, 2.24) is 4.98 Å². The molecule has 6 nitrogen and oxygen atoms in total. The van der Waals surface area contributed by atoms with Crippen LogP contribution in [0.25, 0.3) is 0 Å². The van der Waals surface area contributed by atoms with Gasteiger partial charge >= 0.3 is 0 Å². The predicted octanol–water partition coefficient (Wildman–Crippen LogP) is 1.32. The number of amides is 1. The third-order valence-electron chi connectivity index (χ3n) is 2.60. The average Bonchev–Trinajstić information content (AvgIpc) is 2.38. The molecular formula is C13H13N3O3S. The standard InChI is InChI=1S/C13H13N3O3S/c1-20(18,19)10-5-2-4-9(8-10)16-13(17)11-6-3-7-15-12(11)14/h2-8H,1H3,(H2,14,15)(H,16,17). The van der Waals surface area contributed by atoms with Crippen LogP contribution in [0, 0.1) is 0 Å². The molecular weight excluding hydrogens is 278 g/mol. The van der Waals surface area contributed by atoms with E-state index in [0.717, 1.165) is 6.26 Å². The number of rotatable bonds is 3. The molecule has 20 heavy (non-hydrogen) atoms. The second-order valence-electron chi connectivity index (χ2n) is 4.19. The Morgan fingerprint density at radius 3 is 2.65 bits per heavy atom. The van der Waals surface area contributed by atoms with Crippen molar-refractivity contribution >= 4 is 27.2 Å². The number of aromatic nitrogens is 1.